The Balaban J connectivity index is 0.783. The first-order valence-corrected chi connectivity index (χ1v) is 30.1. The molecule has 0 saturated carbocycles. The minimum absolute atomic E-state index is 1.08. The van der Waals surface area contributed by atoms with Crippen LogP contribution in [0.25, 0.3) is 119 Å². The number of para-hydroxylation sites is 1. The van der Waals surface area contributed by atoms with Crippen molar-refractivity contribution in [1.82, 2.24) is 0 Å². The van der Waals surface area contributed by atoms with E-state index >= 15 is 0 Å². The summed E-state index contributed by atoms with van der Waals surface area (Å²) >= 11 is 1.89. The Labute approximate surface area is 499 Å². The van der Waals surface area contributed by atoms with Crippen molar-refractivity contribution in [2.24, 2.45) is 0 Å². The fourth-order valence-electron chi connectivity index (χ4n) is 13.5. The Morgan fingerprint density at radius 1 is 0.235 bits per heavy atom. The largest absolute Gasteiger partial charge is 0.310 e. The highest BCUT2D eigenvalue weighted by Crippen LogP contribution is 2.47. The highest BCUT2D eigenvalue weighted by atomic mass is 32.1. The smallest absolute Gasteiger partial charge is 0.0540 e. The third kappa shape index (κ3) is 8.62. The minimum atomic E-state index is 1.08. The van der Waals surface area contributed by atoms with Gasteiger partial charge in [-0.2, -0.15) is 0 Å². The molecule has 0 aliphatic rings. The lowest BCUT2D eigenvalue weighted by Crippen LogP contribution is -2.11. The first kappa shape index (κ1) is 50.2. The molecule has 0 bridgehead atoms. The molecule has 0 radical (unpaired) electrons. The molecular formula is C82H56N2S. The van der Waals surface area contributed by atoms with Gasteiger partial charge in [0.1, 0.15) is 0 Å². The molecule has 3 heteroatoms. The van der Waals surface area contributed by atoms with Gasteiger partial charge in [-0.05, 0) is 191 Å². The van der Waals surface area contributed by atoms with Crippen molar-refractivity contribution < 1.29 is 0 Å². The second-order valence-electron chi connectivity index (χ2n) is 22.4. The van der Waals surface area contributed by atoms with Crippen LogP contribution in [0.4, 0.5) is 34.1 Å². The van der Waals surface area contributed by atoms with Crippen LogP contribution < -0.4 is 9.80 Å². The van der Waals surface area contributed by atoms with E-state index in [9.17, 15) is 0 Å². The number of hydrogen-bond acceptors (Lipinski definition) is 3. The van der Waals surface area contributed by atoms with Crippen molar-refractivity contribution in [2.45, 2.75) is 13.8 Å². The van der Waals surface area contributed by atoms with Crippen LogP contribution in [0.2, 0.25) is 0 Å². The molecule has 1 heterocycles. The molecule has 16 aromatic rings. The molecule has 15 aromatic carbocycles. The van der Waals surface area contributed by atoms with Crippen LogP contribution in [-0.2, 0) is 0 Å². The number of fused-ring (bicyclic) bond motifs is 11. The average molecular weight is 1100 g/mol. The molecule has 0 atom stereocenters. The van der Waals surface area contributed by atoms with Gasteiger partial charge in [-0.3, -0.25) is 0 Å². The first-order chi connectivity index (χ1) is 42.0. The van der Waals surface area contributed by atoms with E-state index in [1.165, 1.54) is 130 Å². The fourth-order valence-corrected chi connectivity index (χ4v) is 14.7. The molecular weight excluding hydrogens is 1040 g/mol. The molecule has 0 saturated heterocycles. The maximum atomic E-state index is 2.41. The van der Waals surface area contributed by atoms with E-state index in [0.29, 0.717) is 0 Å². The fraction of sp³-hybridized carbons (Fsp3) is 0.0244. The number of hydrogen-bond donors (Lipinski definition) is 0. The number of rotatable bonds is 10. The molecule has 0 aliphatic heterocycles. The summed E-state index contributed by atoms with van der Waals surface area (Å²) < 4.78 is 2.65. The number of aryl methyl sites for hydroxylation is 2. The van der Waals surface area contributed by atoms with Crippen molar-refractivity contribution in [3.05, 3.63) is 314 Å². The van der Waals surface area contributed by atoms with Crippen molar-refractivity contribution >= 4 is 119 Å². The third-order valence-electron chi connectivity index (χ3n) is 17.5. The standard InChI is InChI=1S/C82H56N2S/c1-53-50-62(43-46-64(53)65-47-44-63(51-54(65)2)84(59-20-4-3-5-21-59)80-32-16-19-56-18-6-7-22-67(56)80)83(60-39-34-55(35-40-60)58-38-45-75-72-27-11-10-25-70(72)71-26-12-13-28-73(71)79(75)52-58)61-41-36-57(37-42-61)66-48-49-74(69-24-9-8-23-68(66)69)77-30-17-31-78-76-29-14-15-33-81(76)85-82(77)78/h3-52H,1-2H3. The lowest BCUT2D eigenvalue weighted by molar-refractivity contribution is 1.26. The SMILES string of the molecule is Cc1cc(N(c2ccc(-c3ccc4c5ccccc5c5ccccc5c4c3)cc2)c2ccc(-c3ccc(-c4cccc5c4sc4ccccc45)c4ccccc34)cc2)ccc1-c1ccc(N(c2ccccc2)c2cccc3ccccc23)cc1C. The van der Waals surface area contributed by atoms with Gasteiger partial charge in [0, 0.05) is 59.6 Å². The van der Waals surface area contributed by atoms with Crippen LogP contribution in [0.5, 0.6) is 0 Å². The lowest BCUT2D eigenvalue weighted by Gasteiger charge is -2.28. The van der Waals surface area contributed by atoms with Crippen LogP contribution in [-0.4, -0.2) is 0 Å². The molecule has 0 unspecified atom stereocenters. The Morgan fingerprint density at radius 2 is 0.682 bits per heavy atom. The zero-order valence-electron chi connectivity index (χ0n) is 47.2. The summed E-state index contributed by atoms with van der Waals surface area (Å²) in [7, 11) is 0. The molecule has 85 heavy (non-hydrogen) atoms. The predicted molar refractivity (Wildman–Crippen MR) is 367 cm³/mol. The van der Waals surface area contributed by atoms with Crippen molar-refractivity contribution in [1.29, 1.82) is 0 Å². The molecule has 2 nitrogen and oxygen atoms in total. The summed E-state index contributed by atoms with van der Waals surface area (Å²) in [6.45, 7) is 4.50. The monoisotopic (exact) mass is 1100 g/mol. The van der Waals surface area contributed by atoms with Gasteiger partial charge < -0.3 is 9.80 Å². The molecule has 0 amide bonds. The van der Waals surface area contributed by atoms with Crippen LogP contribution >= 0.6 is 11.3 Å². The Hall–Kier alpha value is -10.6. The minimum Gasteiger partial charge on any atom is -0.310 e. The molecule has 16 rings (SSSR count). The van der Waals surface area contributed by atoms with Crippen molar-refractivity contribution in [3.8, 4) is 44.5 Å². The maximum Gasteiger partial charge on any atom is 0.0540 e. The molecule has 0 spiro atoms. The van der Waals surface area contributed by atoms with Gasteiger partial charge in [0.2, 0.25) is 0 Å². The average Bonchev–Trinajstić information content (AvgIpc) is 4.23. The summed E-state index contributed by atoms with van der Waals surface area (Å²) in [5, 5.41) is 15.2. The molecule has 0 fully saturated rings. The van der Waals surface area contributed by atoms with Crippen molar-refractivity contribution in [2.75, 3.05) is 9.80 Å². The molecule has 400 valence electrons. The summed E-state index contributed by atoms with van der Waals surface area (Å²) in [6.07, 6.45) is 0. The second-order valence-corrected chi connectivity index (χ2v) is 23.5. The summed E-state index contributed by atoms with van der Waals surface area (Å²) in [4.78, 5) is 4.80. The van der Waals surface area contributed by atoms with Gasteiger partial charge >= 0.3 is 0 Å². The quantitative estimate of drug-likeness (QED) is 0.126. The molecule has 1 aromatic heterocycles. The van der Waals surface area contributed by atoms with Gasteiger partial charge in [-0.15, -0.1) is 11.3 Å². The van der Waals surface area contributed by atoms with E-state index in [2.05, 4.69) is 327 Å². The summed E-state index contributed by atoms with van der Waals surface area (Å²) in [5.74, 6) is 0. The number of anilines is 6. The highest BCUT2D eigenvalue weighted by molar-refractivity contribution is 7.26. The topological polar surface area (TPSA) is 6.48 Å². The number of benzene rings is 15. The zero-order chi connectivity index (χ0) is 56.5. The van der Waals surface area contributed by atoms with E-state index in [0.717, 1.165) is 34.1 Å². The van der Waals surface area contributed by atoms with E-state index in [1.54, 1.807) is 0 Å². The van der Waals surface area contributed by atoms with Gasteiger partial charge in [-0.25, -0.2) is 0 Å². The molecule has 0 aliphatic carbocycles. The van der Waals surface area contributed by atoms with E-state index in [4.69, 9.17) is 0 Å². The summed E-state index contributed by atoms with van der Waals surface area (Å²) in [6, 6.07) is 112. The Morgan fingerprint density at radius 3 is 1.34 bits per heavy atom. The van der Waals surface area contributed by atoms with Crippen molar-refractivity contribution in [3.63, 3.8) is 0 Å². The molecule has 0 N–H and O–H groups in total. The van der Waals surface area contributed by atoms with Crippen LogP contribution in [0.1, 0.15) is 11.1 Å². The zero-order valence-corrected chi connectivity index (χ0v) is 48.0. The Bertz CT molecular complexity index is 5230. The normalized spacial score (nSPS) is 11.6. The van der Waals surface area contributed by atoms with E-state index < -0.39 is 0 Å². The van der Waals surface area contributed by atoms with Crippen LogP contribution in [0, 0.1) is 13.8 Å². The third-order valence-corrected chi connectivity index (χ3v) is 18.7. The predicted octanol–water partition coefficient (Wildman–Crippen LogP) is 24.0. The van der Waals surface area contributed by atoms with Gasteiger partial charge in [0.25, 0.3) is 0 Å². The first-order valence-electron chi connectivity index (χ1n) is 29.3. The highest BCUT2D eigenvalue weighted by Gasteiger charge is 2.21. The van der Waals surface area contributed by atoms with Gasteiger partial charge in [0.15, 0.2) is 0 Å². The van der Waals surface area contributed by atoms with E-state index in [-0.39, 0.29) is 0 Å². The lowest BCUT2D eigenvalue weighted by atomic mass is 9.91. The van der Waals surface area contributed by atoms with E-state index in [1.807, 2.05) is 11.3 Å². The number of nitrogens with zero attached hydrogens (tertiary/aromatic N) is 2. The second kappa shape index (κ2) is 20.7. The Kier molecular flexibility index (Phi) is 12.2. The van der Waals surface area contributed by atoms with Gasteiger partial charge in [0.05, 0.1) is 5.69 Å². The van der Waals surface area contributed by atoms with Crippen LogP contribution in [0.3, 0.4) is 0 Å². The summed E-state index contributed by atoms with van der Waals surface area (Å²) in [5.41, 5.74) is 18.8. The number of thiophene rings is 1. The van der Waals surface area contributed by atoms with Gasteiger partial charge in [-0.1, -0.05) is 224 Å². The maximum absolute atomic E-state index is 2.41. The van der Waals surface area contributed by atoms with Crippen LogP contribution in [0.15, 0.2) is 303 Å².